The van der Waals surface area contributed by atoms with Crippen molar-refractivity contribution >= 4 is 23.5 Å². The molecule has 148 valence electrons. The van der Waals surface area contributed by atoms with E-state index < -0.39 is 5.91 Å². The fourth-order valence-electron chi connectivity index (χ4n) is 2.65. The van der Waals surface area contributed by atoms with Gasteiger partial charge in [-0.2, -0.15) is 0 Å². The van der Waals surface area contributed by atoms with E-state index in [-0.39, 0.29) is 12.5 Å². The van der Waals surface area contributed by atoms with E-state index in [2.05, 4.69) is 32.6 Å². The third-order valence-electron chi connectivity index (χ3n) is 4.07. The molecule has 0 bridgehead atoms. The molecule has 0 spiro atoms. The zero-order chi connectivity index (χ0) is 19.7. The zero-order valence-electron chi connectivity index (χ0n) is 16.1. The Kier molecular flexibility index (Phi) is 12.1. The van der Waals surface area contributed by atoms with E-state index in [9.17, 15) is 9.59 Å². The third-order valence-corrected chi connectivity index (χ3v) is 4.07. The molecule has 2 amide bonds. The second-order valence-electron chi connectivity index (χ2n) is 6.47. The quantitative estimate of drug-likeness (QED) is 0.202. The van der Waals surface area contributed by atoms with Crippen LogP contribution >= 0.6 is 0 Å². The van der Waals surface area contributed by atoms with Gasteiger partial charge in [0.05, 0.1) is 0 Å². The highest BCUT2D eigenvalue weighted by Crippen LogP contribution is 2.12. The van der Waals surface area contributed by atoms with E-state index in [0.717, 1.165) is 12.8 Å². The fraction of sp³-hybridized carbons (Fsp3) is 0.632. The number of carbonyl (C=O) groups is 2. The van der Waals surface area contributed by atoms with Crippen molar-refractivity contribution in [2.45, 2.75) is 71.1 Å². The van der Waals surface area contributed by atoms with Gasteiger partial charge in [-0.1, -0.05) is 69.5 Å². The number of carbonyl (C=O) groups excluding carboxylic acids is 2. The van der Waals surface area contributed by atoms with Crippen LogP contribution in [0.5, 0.6) is 0 Å². The van der Waals surface area contributed by atoms with Crippen molar-refractivity contribution in [3.8, 4) is 0 Å². The minimum Gasteiger partial charge on any atom is -0.311 e. The van der Waals surface area contributed by atoms with Crippen LogP contribution in [0.3, 0.4) is 0 Å². The lowest BCUT2D eigenvalue weighted by Gasteiger charge is -2.07. The number of amides is 2. The Bertz CT molecular complexity index is 628. The molecule has 0 fully saturated rings. The van der Waals surface area contributed by atoms with Crippen molar-refractivity contribution in [1.82, 2.24) is 4.98 Å². The van der Waals surface area contributed by atoms with Crippen LogP contribution in [0.1, 0.15) is 71.1 Å². The maximum absolute atomic E-state index is 12.0. The molecule has 27 heavy (non-hydrogen) atoms. The SMILES string of the molecule is CCCCCCCCCCCC(=O)Nc1cccc(NC(=O)CN=[N+]=[N-])n1. The summed E-state index contributed by atoms with van der Waals surface area (Å²) in [6.07, 6.45) is 11.3. The number of anilines is 2. The number of pyridine rings is 1. The van der Waals surface area contributed by atoms with Gasteiger partial charge in [-0.15, -0.1) is 0 Å². The molecule has 0 radical (unpaired) electrons. The fourth-order valence-corrected chi connectivity index (χ4v) is 2.65. The first-order valence-corrected chi connectivity index (χ1v) is 9.73. The number of nitrogens with zero attached hydrogens (tertiary/aromatic N) is 4. The van der Waals surface area contributed by atoms with Gasteiger partial charge < -0.3 is 10.6 Å². The van der Waals surface area contributed by atoms with Crippen molar-refractivity contribution in [1.29, 1.82) is 0 Å². The largest absolute Gasteiger partial charge is 0.311 e. The molecule has 0 saturated carbocycles. The Morgan fingerprint density at radius 3 is 2.11 bits per heavy atom. The highest BCUT2D eigenvalue weighted by atomic mass is 16.2. The average Bonchev–Trinajstić information content (AvgIpc) is 2.65. The summed E-state index contributed by atoms with van der Waals surface area (Å²) in [5.41, 5.74) is 8.20. The van der Waals surface area contributed by atoms with Gasteiger partial charge in [0, 0.05) is 11.3 Å². The maximum Gasteiger partial charge on any atom is 0.231 e. The zero-order valence-corrected chi connectivity index (χ0v) is 16.1. The van der Waals surface area contributed by atoms with E-state index in [4.69, 9.17) is 5.53 Å². The van der Waals surface area contributed by atoms with Crippen LogP contribution in [0, 0.1) is 0 Å². The monoisotopic (exact) mass is 374 g/mol. The Hall–Kier alpha value is -2.60. The molecule has 8 nitrogen and oxygen atoms in total. The van der Waals surface area contributed by atoms with Gasteiger partial charge in [0.1, 0.15) is 18.2 Å². The van der Waals surface area contributed by atoms with Gasteiger partial charge in [-0.25, -0.2) is 4.98 Å². The van der Waals surface area contributed by atoms with E-state index in [1.165, 1.54) is 44.9 Å². The van der Waals surface area contributed by atoms with Crippen molar-refractivity contribution in [2.75, 3.05) is 17.2 Å². The first kappa shape index (κ1) is 22.4. The maximum atomic E-state index is 12.0. The van der Waals surface area contributed by atoms with Gasteiger partial charge in [0.2, 0.25) is 11.8 Å². The van der Waals surface area contributed by atoms with Gasteiger partial charge in [0.15, 0.2) is 0 Å². The summed E-state index contributed by atoms with van der Waals surface area (Å²) in [5.74, 6) is 0.146. The molecule has 0 aromatic carbocycles. The summed E-state index contributed by atoms with van der Waals surface area (Å²) in [7, 11) is 0. The standard InChI is InChI=1S/C19H30N6O2/c1-2-3-4-5-6-7-8-9-10-14-18(26)23-16-12-11-13-17(22-16)24-19(27)15-21-25-20/h11-13H,2-10,14-15H2,1H3,(H2,22,23,24,26,27). The number of azide groups is 1. The minimum absolute atomic E-state index is 0.0806. The Morgan fingerprint density at radius 1 is 0.963 bits per heavy atom. The molecular formula is C19H30N6O2. The van der Waals surface area contributed by atoms with Crippen LogP contribution < -0.4 is 10.6 Å². The highest BCUT2D eigenvalue weighted by Gasteiger charge is 2.06. The molecule has 0 aliphatic rings. The normalized spacial score (nSPS) is 10.1. The smallest absolute Gasteiger partial charge is 0.231 e. The molecule has 1 aromatic rings. The van der Waals surface area contributed by atoms with E-state index >= 15 is 0 Å². The predicted molar refractivity (Wildman–Crippen MR) is 107 cm³/mol. The highest BCUT2D eigenvalue weighted by molar-refractivity contribution is 5.92. The summed E-state index contributed by atoms with van der Waals surface area (Å²) in [5, 5.41) is 8.43. The lowest BCUT2D eigenvalue weighted by atomic mass is 10.1. The van der Waals surface area contributed by atoms with Crippen LogP contribution in [0.15, 0.2) is 23.3 Å². The molecule has 8 heteroatoms. The number of hydrogen-bond acceptors (Lipinski definition) is 4. The molecule has 1 heterocycles. The second kappa shape index (κ2) is 14.6. The van der Waals surface area contributed by atoms with Crippen molar-refractivity contribution in [2.24, 2.45) is 5.11 Å². The number of unbranched alkanes of at least 4 members (excludes halogenated alkanes) is 8. The Morgan fingerprint density at radius 2 is 1.52 bits per heavy atom. The summed E-state index contributed by atoms with van der Waals surface area (Å²) in [6, 6.07) is 4.95. The molecular weight excluding hydrogens is 344 g/mol. The number of aromatic nitrogens is 1. The molecule has 0 aliphatic heterocycles. The number of hydrogen-bond donors (Lipinski definition) is 2. The van der Waals surface area contributed by atoms with Crippen LogP contribution in [0.25, 0.3) is 10.4 Å². The third kappa shape index (κ3) is 11.6. The van der Waals surface area contributed by atoms with Crippen LogP contribution in [0.2, 0.25) is 0 Å². The molecule has 2 N–H and O–H groups in total. The molecule has 0 unspecified atom stereocenters. The van der Waals surface area contributed by atoms with Gasteiger partial charge in [-0.05, 0) is 24.1 Å². The van der Waals surface area contributed by atoms with Gasteiger partial charge in [0.25, 0.3) is 0 Å². The topological polar surface area (TPSA) is 120 Å². The van der Waals surface area contributed by atoms with E-state index in [1.807, 2.05) is 0 Å². The molecule has 0 atom stereocenters. The van der Waals surface area contributed by atoms with Crippen molar-refractivity contribution in [3.05, 3.63) is 28.6 Å². The predicted octanol–water partition coefficient (Wildman–Crippen LogP) is 5.19. The number of rotatable bonds is 14. The molecule has 1 rings (SSSR count). The van der Waals surface area contributed by atoms with Crippen molar-refractivity contribution in [3.63, 3.8) is 0 Å². The van der Waals surface area contributed by atoms with E-state index in [1.54, 1.807) is 18.2 Å². The summed E-state index contributed by atoms with van der Waals surface area (Å²) in [6.45, 7) is 1.92. The summed E-state index contributed by atoms with van der Waals surface area (Å²) in [4.78, 5) is 30.2. The first-order valence-electron chi connectivity index (χ1n) is 9.73. The summed E-state index contributed by atoms with van der Waals surface area (Å²) < 4.78 is 0. The Labute approximate surface area is 160 Å². The summed E-state index contributed by atoms with van der Waals surface area (Å²) >= 11 is 0. The molecule has 0 saturated heterocycles. The lowest BCUT2D eigenvalue weighted by molar-refractivity contribution is -0.116. The molecule has 1 aromatic heterocycles. The first-order chi connectivity index (χ1) is 13.2. The van der Waals surface area contributed by atoms with Crippen LogP contribution in [-0.2, 0) is 9.59 Å². The Balaban J connectivity index is 2.21. The minimum atomic E-state index is -0.460. The second-order valence-corrected chi connectivity index (χ2v) is 6.47. The average molecular weight is 374 g/mol. The van der Waals surface area contributed by atoms with Gasteiger partial charge in [-0.3, -0.25) is 9.59 Å². The number of nitrogens with one attached hydrogen (secondary N) is 2. The van der Waals surface area contributed by atoms with Gasteiger partial charge >= 0.3 is 0 Å². The van der Waals surface area contributed by atoms with Crippen molar-refractivity contribution < 1.29 is 9.59 Å². The van der Waals surface area contributed by atoms with Crippen LogP contribution in [-0.4, -0.2) is 23.3 Å². The van der Waals surface area contributed by atoms with Crippen LogP contribution in [0.4, 0.5) is 11.6 Å². The molecule has 0 aliphatic carbocycles. The lowest BCUT2D eigenvalue weighted by Crippen LogP contribution is -2.17. The van der Waals surface area contributed by atoms with E-state index in [0.29, 0.717) is 18.1 Å².